The van der Waals surface area contributed by atoms with E-state index in [4.69, 9.17) is 18.9 Å². The number of esters is 1. The summed E-state index contributed by atoms with van der Waals surface area (Å²) in [4.78, 5) is 12.2. The predicted molar refractivity (Wildman–Crippen MR) is 82.3 cm³/mol. The lowest BCUT2D eigenvalue weighted by atomic mass is 10.1. The molecular weight excluding hydrogens is 341 g/mol. The second-order valence-corrected chi connectivity index (χ2v) is 5.40. The van der Waals surface area contributed by atoms with Gasteiger partial charge in [-0.05, 0) is 32.4 Å². The topological polar surface area (TPSA) is 54.0 Å². The minimum absolute atomic E-state index is 0.101. The van der Waals surface area contributed by atoms with E-state index in [2.05, 4.69) is 0 Å². The van der Waals surface area contributed by atoms with E-state index in [9.17, 15) is 18.0 Å². The van der Waals surface area contributed by atoms with Crippen molar-refractivity contribution in [3.8, 4) is 5.75 Å². The van der Waals surface area contributed by atoms with Crippen LogP contribution in [0.25, 0.3) is 0 Å². The third-order valence-electron chi connectivity index (χ3n) is 3.70. The lowest BCUT2D eigenvalue weighted by Crippen LogP contribution is -2.34. The van der Waals surface area contributed by atoms with Crippen LogP contribution in [-0.4, -0.2) is 38.2 Å². The molecule has 8 heteroatoms. The molecule has 1 aromatic rings. The fraction of sp³-hybridized carbons (Fsp3) is 0.588. The Labute approximate surface area is 144 Å². The number of carbonyl (C=O) groups is 1. The largest absolute Gasteiger partial charge is 0.493 e. The van der Waals surface area contributed by atoms with Crippen molar-refractivity contribution in [2.45, 2.75) is 45.5 Å². The van der Waals surface area contributed by atoms with Crippen LogP contribution in [0, 0.1) is 5.82 Å². The van der Waals surface area contributed by atoms with Crippen LogP contribution in [-0.2, 0) is 14.2 Å². The van der Waals surface area contributed by atoms with Crippen LogP contribution < -0.4 is 4.74 Å². The van der Waals surface area contributed by atoms with Gasteiger partial charge in [0, 0.05) is 13.0 Å². The number of carbonyl (C=O) groups excluding carboxylic acids is 1. The predicted octanol–water partition coefficient (Wildman–Crippen LogP) is 3.86. The molecule has 140 valence electrons. The fourth-order valence-corrected chi connectivity index (χ4v) is 2.55. The van der Waals surface area contributed by atoms with Crippen LogP contribution >= 0.6 is 0 Å². The van der Waals surface area contributed by atoms with Crippen molar-refractivity contribution in [3.63, 3.8) is 0 Å². The van der Waals surface area contributed by atoms with E-state index in [1.54, 1.807) is 6.92 Å². The summed E-state index contributed by atoms with van der Waals surface area (Å²) < 4.78 is 61.5. The van der Waals surface area contributed by atoms with Gasteiger partial charge in [0.25, 0.3) is 6.43 Å². The molecule has 1 heterocycles. The molecule has 1 aliphatic heterocycles. The molecule has 0 spiro atoms. The molecule has 0 saturated carbocycles. The highest BCUT2D eigenvalue weighted by molar-refractivity contribution is 5.90. The summed E-state index contributed by atoms with van der Waals surface area (Å²) in [5.41, 5.74) is -1.49. The summed E-state index contributed by atoms with van der Waals surface area (Å²) >= 11 is 0. The number of benzene rings is 1. The summed E-state index contributed by atoms with van der Waals surface area (Å²) in [5.74, 6) is -2.62. The Balaban J connectivity index is 2.08. The first-order chi connectivity index (χ1) is 12.0. The van der Waals surface area contributed by atoms with Crippen molar-refractivity contribution in [2.24, 2.45) is 0 Å². The normalized spacial score (nSPS) is 20.6. The zero-order valence-corrected chi connectivity index (χ0v) is 14.1. The third kappa shape index (κ3) is 4.85. The number of hydrogen-bond donors (Lipinski definition) is 0. The van der Waals surface area contributed by atoms with Gasteiger partial charge in [0.2, 0.25) is 0 Å². The molecule has 0 aliphatic carbocycles. The minimum Gasteiger partial charge on any atom is -0.493 e. The highest BCUT2D eigenvalue weighted by Gasteiger charge is 2.29. The van der Waals surface area contributed by atoms with Crippen LogP contribution in [0.1, 0.15) is 49.0 Å². The van der Waals surface area contributed by atoms with Gasteiger partial charge >= 0.3 is 5.97 Å². The number of alkyl halides is 2. The summed E-state index contributed by atoms with van der Waals surface area (Å²) in [5, 5.41) is 0. The quantitative estimate of drug-likeness (QED) is 0.690. The van der Waals surface area contributed by atoms with E-state index in [-0.39, 0.29) is 25.3 Å². The van der Waals surface area contributed by atoms with Crippen molar-refractivity contribution < 1.29 is 36.9 Å². The maximum Gasteiger partial charge on any atom is 0.341 e. The van der Waals surface area contributed by atoms with E-state index < -0.39 is 35.4 Å². The van der Waals surface area contributed by atoms with Crippen LogP contribution in [0.3, 0.4) is 0 Å². The van der Waals surface area contributed by atoms with Gasteiger partial charge in [0.05, 0.1) is 24.3 Å². The zero-order chi connectivity index (χ0) is 18.4. The molecule has 0 amide bonds. The van der Waals surface area contributed by atoms with Gasteiger partial charge in [-0.25, -0.2) is 18.0 Å². The highest BCUT2D eigenvalue weighted by Crippen LogP contribution is 2.34. The van der Waals surface area contributed by atoms with Gasteiger partial charge in [-0.1, -0.05) is 0 Å². The van der Waals surface area contributed by atoms with E-state index in [1.165, 1.54) is 0 Å². The Morgan fingerprint density at radius 2 is 2.04 bits per heavy atom. The lowest BCUT2D eigenvalue weighted by Gasteiger charge is -2.28. The smallest absolute Gasteiger partial charge is 0.341 e. The molecule has 0 N–H and O–H groups in total. The lowest BCUT2D eigenvalue weighted by molar-refractivity contribution is -0.184. The first-order valence-electron chi connectivity index (χ1n) is 8.15. The van der Waals surface area contributed by atoms with Gasteiger partial charge in [0.15, 0.2) is 6.29 Å². The summed E-state index contributed by atoms with van der Waals surface area (Å²) in [6, 6.07) is 2.23. The molecule has 2 unspecified atom stereocenters. The van der Waals surface area contributed by atoms with Crippen molar-refractivity contribution >= 4 is 5.97 Å². The number of halogens is 3. The molecule has 5 nitrogen and oxygen atoms in total. The van der Waals surface area contributed by atoms with E-state index in [0.29, 0.717) is 19.4 Å². The van der Waals surface area contributed by atoms with E-state index in [1.807, 2.05) is 6.92 Å². The van der Waals surface area contributed by atoms with Crippen molar-refractivity contribution in [3.05, 3.63) is 29.1 Å². The number of hydrogen-bond acceptors (Lipinski definition) is 5. The Morgan fingerprint density at radius 3 is 2.60 bits per heavy atom. The Hall–Kier alpha value is -1.80. The molecule has 0 radical (unpaired) electrons. The van der Waals surface area contributed by atoms with Gasteiger partial charge < -0.3 is 18.9 Å². The highest BCUT2D eigenvalue weighted by atomic mass is 19.3. The van der Waals surface area contributed by atoms with Crippen molar-refractivity contribution in [1.82, 2.24) is 0 Å². The molecule has 1 fully saturated rings. The molecular formula is C17H21F3O5. The van der Waals surface area contributed by atoms with E-state index >= 15 is 0 Å². The number of rotatable bonds is 7. The SMILES string of the molecule is CCOc1ccc(C(=O)OC2CCC(OCC)OC2)c(F)c1C(F)F. The van der Waals surface area contributed by atoms with Crippen LogP contribution in [0.5, 0.6) is 5.75 Å². The average molecular weight is 362 g/mol. The molecule has 0 aromatic heterocycles. The maximum absolute atomic E-state index is 14.4. The molecule has 1 aromatic carbocycles. The third-order valence-corrected chi connectivity index (χ3v) is 3.70. The molecule has 2 rings (SSSR count). The fourth-order valence-electron chi connectivity index (χ4n) is 2.55. The maximum atomic E-state index is 14.4. The second kappa shape index (κ2) is 9.05. The molecule has 2 atom stereocenters. The van der Waals surface area contributed by atoms with Gasteiger partial charge in [0.1, 0.15) is 17.7 Å². The van der Waals surface area contributed by atoms with Gasteiger partial charge in [-0.15, -0.1) is 0 Å². The summed E-state index contributed by atoms with van der Waals surface area (Å²) in [6.07, 6.45) is -3.03. The molecule has 0 bridgehead atoms. The zero-order valence-electron chi connectivity index (χ0n) is 14.1. The minimum atomic E-state index is -3.11. The first kappa shape index (κ1) is 19.5. The Kier molecular flexibility index (Phi) is 7.07. The van der Waals surface area contributed by atoms with Crippen LogP contribution in [0.2, 0.25) is 0 Å². The Bertz CT molecular complexity index is 586. The molecule has 1 saturated heterocycles. The second-order valence-electron chi connectivity index (χ2n) is 5.40. The van der Waals surface area contributed by atoms with E-state index in [0.717, 1.165) is 12.1 Å². The standard InChI is InChI=1S/C17H21F3O5/c1-3-22-12-7-6-11(15(18)14(12)16(19)20)17(21)25-10-5-8-13(23-4-2)24-9-10/h6-7,10,13,16H,3-5,8-9H2,1-2H3. The van der Waals surface area contributed by atoms with Crippen molar-refractivity contribution in [1.29, 1.82) is 0 Å². The summed E-state index contributed by atoms with van der Waals surface area (Å²) in [6.45, 7) is 4.14. The van der Waals surface area contributed by atoms with Crippen molar-refractivity contribution in [2.75, 3.05) is 19.8 Å². The first-order valence-corrected chi connectivity index (χ1v) is 8.15. The Morgan fingerprint density at radius 1 is 1.28 bits per heavy atom. The summed E-state index contributed by atoms with van der Waals surface area (Å²) in [7, 11) is 0. The molecule has 1 aliphatic rings. The van der Waals surface area contributed by atoms with Gasteiger partial charge in [-0.2, -0.15) is 0 Å². The van der Waals surface area contributed by atoms with Crippen LogP contribution in [0.15, 0.2) is 12.1 Å². The average Bonchev–Trinajstić information content (AvgIpc) is 2.57. The van der Waals surface area contributed by atoms with Crippen LogP contribution in [0.4, 0.5) is 13.2 Å². The molecule has 25 heavy (non-hydrogen) atoms. The number of ether oxygens (including phenoxy) is 4. The van der Waals surface area contributed by atoms with Gasteiger partial charge in [-0.3, -0.25) is 0 Å². The monoisotopic (exact) mass is 362 g/mol.